The van der Waals surface area contributed by atoms with Gasteiger partial charge in [0.15, 0.2) is 0 Å². The zero-order chi connectivity index (χ0) is 13.0. The van der Waals surface area contributed by atoms with Gasteiger partial charge < -0.3 is 10.1 Å². The molecule has 6 heteroatoms. The standard InChI is InChI=1S/C12H12ClNO3S/c13-8-2-1-3-9(6-8)18-7-11(15)14-10-4-5-17-12(10)16/h1-3,6,10H,4-5,7H2,(H,14,15)/t10-/m0/s1. The van der Waals surface area contributed by atoms with Gasteiger partial charge in [0.2, 0.25) is 5.91 Å². The lowest BCUT2D eigenvalue weighted by molar-refractivity contribution is -0.141. The van der Waals surface area contributed by atoms with Crippen LogP contribution in [0.5, 0.6) is 0 Å². The van der Waals surface area contributed by atoms with E-state index in [2.05, 4.69) is 5.32 Å². The van der Waals surface area contributed by atoms with Crippen molar-refractivity contribution < 1.29 is 14.3 Å². The topological polar surface area (TPSA) is 55.4 Å². The molecule has 1 aliphatic rings. The third-order valence-corrected chi connectivity index (χ3v) is 3.67. The Kier molecular flexibility index (Phi) is 4.49. The molecule has 18 heavy (non-hydrogen) atoms. The van der Waals surface area contributed by atoms with E-state index in [1.54, 1.807) is 12.1 Å². The van der Waals surface area contributed by atoms with Gasteiger partial charge in [-0.3, -0.25) is 4.79 Å². The highest BCUT2D eigenvalue weighted by atomic mass is 35.5. The van der Waals surface area contributed by atoms with Gasteiger partial charge in [-0.25, -0.2) is 4.79 Å². The van der Waals surface area contributed by atoms with E-state index in [-0.39, 0.29) is 17.6 Å². The van der Waals surface area contributed by atoms with Gasteiger partial charge in [0.25, 0.3) is 0 Å². The minimum absolute atomic E-state index is 0.177. The van der Waals surface area contributed by atoms with Gasteiger partial charge in [-0.05, 0) is 18.2 Å². The smallest absolute Gasteiger partial charge is 0.328 e. The monoisotopic (exact) mass is 285 g/mol. The van der Waals surface area contributed by atoms with Crippen LogP contribution in [0.25, 0.3) is 0 Å². The van der Waals surface area contributed by atoms with Gasteiger partial charge in [0.1, 0.15) is 6.04 Å². The van der Waals surface area contributed by atoms with Gasteiger partial charge in [0, 0.05) is 16.3 Å². The van der Waals surface area contributed by atoms with Crippen LogP contribution < -0.4 is 5.32 Å². The minimum Gasteiger partial charge on any atom is -0.464 e. The van der Waals surface area contributed by atoms with Crippen LogP contribution in [0.4, 0.5) is 0 Å². The summed E-state index contributed by atoms with van der Waals surface area (Å²) in [6, 6.07) is 6.80. The molecule has 2 rings (SSSR count). The highest BCUT2D eigenvalue weighted by Crippen LogP contribution is 2.21. The maximum atomic E-state index is 11.6. The van der Waals surface area contributed by atoms with Crippen LogP contribution >= 0.6 is 23.4 Å². The summed E-state index contributed by atoms with van der Waals surface area (Å²) < 4.78 is 4.77. The summed E-state index contributed by atoms with van der Waals surface area (Å²) >= 11 is 7.22. The van der Waals surface area contributed by atoms with Crippen molar-refractivity contribution in [3.05, 3.63) is 29.3 Å². The third kappa shape index (κ3) is 3.65. The van der Waals surface area contributed by atoms with E-state index in [1.807, 2.05) is 12.1 Å². The lowest BCUT2D eigenvalue weighted by atomic mass is 10.2. The van der Waals surface area contributed by atoms with E-state index in [0.29, 0.717) is 18.1 Å². The number of rotatable bonds is 4. The molecule has 0 unspecified atom stereocenters. The summed E-state index contributed by atoms with van der Waals surface area (Å²) in [7, 11) is 0. The normalized spacial score (nSPS) is 18.5. The molecule has 1 aromatic carbocycles. The number of thioether (sulfide) groups is 1. The lowest BCUT2D eigenvalue weighted by Crippen LogP contribution is -2.38. The molecule has 1 saturated heterocycles. The van der Waals surface area contributed by atoms with E-state index in [0.717, 1.165) is 4.90 Å². The highest BCUT2D eigenvalue weighted by Gasteiger charge is 2.27. The number of nitrogens with one attached hydrogen (secondary N) is 1. The molecule has 0 spiro atoms. The highest BCUT2D eigenvalue weighted by molar-refractivity contribution is 8.00. The number of cyclic esters (lactones) is 1. The maximum Gasteiger partial charge on any atom is 0.328 e. The van der Waals surface area contributed by atoms with Crippen molar-refractivity contribution in [3.8, 4) is 0 Å². The number of hydrogen-bond acceptors (Lipinski definition) is 4. The first-order valence-corrected chi connectivity index (χ1v) is 6.86. The van der Waals surface area contributed by atoms with E-state index in [9.17, 15) is 9.59 Å². The van der Waals surface area contributed by atoms with Crippen molar-refractivity contribution >= 4 is 35.2 Å². The number of ether oxygens (including phenoxy) is 1. The Balaban J connectivity index is 1.79. The van der Waals surface area contributed by atoms with E-state index in [4.69, 9.17) is 16.3 Å². The average molecular weight is 286 g/mol. The number of carbonyl (C=O) groups is 2. The van der Waals surface area contributed by atoms with Crippen LogP contribution in [-0.4, -0.2) is 30.3 Å². The zero-order valence-corrected chi connectivity index (χ0v) is 11.1. The predicted molar refractivity (Wildman–Crippen MR) is 69.7 cm³/mol. The summed E-state index contributed by atoms with van der Waals surface area (Å²) in [6.07, 6.45) is 0.548. The largest absolute Gasteiger partial charge is 0.464 e. The number of benzene rings is 1. The Morgan fingerprint density at radius 1 is 1.56 bits per heavy atom. The maximum absolute atomic E-state index is 11.6. The molecular weight excluding hydrogens is 274 g/mol. The fourth-order valence-electron chi connectivity index (χ4n) is 1.57. The van der Waals surface area contributed by atoms with Crippen LogP contribution in [0.2, 0.25) is 5.02 Å². The molecule has 1 aromatic rings. The predicted octanol–water partition coefficient (Wildman–Crippen LogP) is 1.86. The molecule has 0 aliphatic carbocycles. The lowest BCUT2D eigenvalue weighted by Gasteiger charge is -2.08. The number of halogens is 1. The summed E-state index contributed by atoms with van der Waals surface area (Å²) in [5, 5.41) is 3.28. The van der Waals surface area contributed by atoms with Crippen LogP contribution in [0, 0.1) is 0 Å². The van der Waals surface area contributed by atoms with Gasteiger partial charge >= 0.3 is 5.97 Å². The van der Waals surface area contributed by atoms with Crippen LogP contribution in [-0.2, 0) is 14.3 Å². The summed E-state index contributed by atoms with van der Waals surface area (Å²) in [5.41, 5.74) is 0. The second-order valence-corrected chi connectivity index (χ2v) is 5.31. The second-order valence-electron chi connectivity index (χ2n) is 3.82. The quantitative estimate of drug-likeness (QED) is 0.678. The zero-order valence-electron chi connectivity index (χ0n) is 9.52. The third-order valence-electron chi connectivity index (χ3n) is 2.44. The number of carbonyl (C=O) groups excluding carboxylic acids is 2. The van der Waals surface area contributed by atoms with Crippen molar-refractivity contribution in [2.75, 3.05) is 12.4 Å². The van der Waals surface area contributed by atoms with Gasteiger partial charge in [-0.15, -0.1) is 11.8 Å². The molecule has 0 saturated carbocycles. The Morgan fingerprint density at radius 3 is 3.06 bits per heavy atom. The summed E-state index contributed by atoms with van der Waals surface area (Å²) in [6.45, 7) is 0.380. The van der Waals surface area contributed by atoms with Crippen molar-refractivity contribution in [1.29, 1.82) is 0 Å². The van der Waals surface area contributed by atoms with Crippen molar-refractivity contribution in [2.45, 2.75) is 17.4 Å². The Morgan fingerprint density at radius 2 is 2.39 bits per heavy atom. The van der Waals surface area contributed by atoms with Crippen molar-refractivity contribution in [1.82, 2.24) is 5.32 Å². The summed E-state index contributed by atoms with van der Waals surface area (Å²) in [4.78, 5) is 23.7. The average Bonchev–Trinajstić information content (AvgIpc) is 2.73. The fourth-order valence-corrected chi connectivity index (χ4v) is 2.59. The van der Waals surface area contributed by atoms with E-state index < -0.39 is 6.04 Å². The second kappa shape index (κ2) is 6.11. The van der Waals surface area contributed by atoms with Gasteiger partial charge in [-0.2, -0.15) is 0 Å². The minimum atomic E-state index is -0.488. The van der Waals surface area contributed by atoms with Crippen LogP contribution in [0.15, 0.2) is 29.2 Å². The molecule has 1 heterocycles. The van der Waals surface area contributed by atoms with E-state index in [1.165, 1.54) is 11.8 Å². The molecule has 0 radical (unpaired) electrons. The molecular formula is C12H12ClNO3S. The van der Waals surface area contributed by atoms with Crippen LogP contribution in [0.3, 0.4) is 0 Å². The van der Waals surface area contributed by atoms with Gasteiger partial charge in [-0.1, -0.05) is 17.7 Å². The Hall–Kier alpha value is -1.20. The van der Waals surface area contributed by atoms with E-state index >= 15 is 0 Å². The first kappa shape index (κ1) is 13.2. The number of amides is 1. The first-order valence-electron chi connectivity index (χ1n) is 5.49. The molecule has 96 valence electrons. The molecule has 1 amide bonds. The molecule has 1 atom stereocenters. The van der Waals surface area contributed by atoms with Crippen LogP contribution in [0.1, 0.15) is 6.42 Å². The Labute approximate surface area is 114 Å². The molecule has 0 aromatic heterocycles. The molecule has 1 aliphatic heterocycles. The number of esters is 1. The Bertz CT molecular complexity index is 466. The van der Waals surface area contributed by atoms with Crippen molar-refractivity contribution in [3.63, 3.8) is 0 Å². The molecule has 4 nitrogen and oxygen atoms in total. The number of hydrogen-bond donors (Lipinski definition) is 1. The van der Waals surface area contributed by atoms with Gasteiger partial charge in [0.05, 0.1) is 12.4 Å². The summed E-state index contributed by atoms with van der Waals surface area (Å²) in [5.74, 6) is -0.274. The fraction of sp³-hybridized carbons (Fsp3) is 0.333. The molecule has 0 bridgehead atoms. The molecule has 1 fully saturated rings. The van der Waals surface area contributed by atoms with Crippen molar-refractivity contribution in [2.24, 2.45) is 0 Å². The SMILES string of the molecule is O=C(CSc1cccc(Cl)c1)N[C@H]1CCOC1=O. The first-order chi connectivity index (χ1) is 8.65. The molecule has 1 N–H and O–H groups in total.